The summed E-state index contributed by atoms with van der Waals surface area (Å²) in [5.74, 6) is 0.490. The van der Waals surface area contributed by atoms with E-state index in [2.05, 4.69) is 5.32 Å². The molecule has 1 fully saturated rings. The van der Waals surface area contributed by atoms with Gasteiger partial charge in [0.2, 0.25) is 0 Å². The van der Waals surface area contributed by atoms with E-state index in [0.29, 0.717) is 18.7 Å². The zero-order chi connectivity index (χ0) is 18.4. The van der Waals surface area contributed by atoms with E-state index in [-0.39, 0.29) is 17.7 Å². The van der Waals surface area contributed by atoms with E-state index in [1.807, 2.05) is 24.3 Å². The SMILES string of the molecule is O=C(NCc1ccc(OCC2CCCO2)cc1)c1ccc([N+](=O)[O-])cc1. The van der Waals surface area contributed by atoms with Gasteiger partial charge in [-0.1, -0.05) is 12.1 Å². The summed E-state index contributed by atoms with van der Waals surface area (Å²) in [4.78, 5) is 22.2. The van der Waals surface area contributed by atoms with Crippen LogP contribution in [0.1, 0.15) is 28.8 Å². The number of amides is 1. The van der Waals surface area contributed by atoms with Crippen molar-refractivity contribution in [3.8, 4) is 5.75 Å². The van der Waals surface area contributed by atoms with E-state index < -0.39 is 4.92 Å². The minimum Gasteiger partial charge on any atom is -0.491 e. The van der Waals surface area contributed by atoms with Crippen molar-refractivity contribution in [3.63, 3.8) is 0 Å². The predicted molar refractivity (Wildman–Crippen MR) is 95.2 cm³/mol. The molecule has 1 unspecified atom stereocenters. The summed E-state index contributed by atoms with van der Waals surface area (Å²) in [6.07, 6.45) is 2.30. The smallest absolute Gasteiger partial charge is 0.269 e. The molecule has 1 N–H and O–H groups in total. The number of rotatable bonds is 7. The number of ether oxygens (including phenoxy) is 2. The minimum atomic E-state index is -0.496. The van der Waals surface area contributed by atoms with Crippen molar-refractivity contribution in [2.75, 3.05) is 13.2 Å². The summed E-state index contributed by atoms with van der Waals surface area (Å²) in [5, 5.41) is 13.4. The van der Waals surface area contributed by atoms with Crippen LogP contribution in [0.3, 0.4) is 0 Å². The monoisotopic (exact) mass is 356 g/mol. The standard InChI is InChI=1S/C19H20N2O5/c22-19(15-5-7-16(8-6-15)21(23)24)20-12-14-3-9-17(10-4-14)26-13-18-2-1-11-25-18/h3-10,18H,1-2,11-13H2,(H,20,22). The second kappa shape index (κ2) is 8.44. The Labute approximate surface area is 151 Å². The van der Waals surface area contributed by atoms with Crippen LogP contribution in [0.15, 0.2) is 48.5 Å². The number of hydrogen-bond donors (Lipinski definition) is 1. The lowest BCUT2D eigenvalue weighted by molar-refractivity contribution is -0.384. The number of benzene rings is 2. The van der Waals surface area contributed by atoms with Crippen molar-refractivity contribution in [3.05, 3.63) is 69.8 Å². The molecule has 0 radical (unpaired) electrons. The van der Waals surface area contributed by atoms with E-state index in [0.717, 1.165) is 30.8 Å². The van der Waals surface area contributed by atoms with Gasteiger partial charge in [-0.15, -0.1) is 0 Å². The molecule has 2 aromatic rings. The molecule has 0 aliphatic carbocycles. The number of nitrogens with one attached hydrogen (secondary N) is 1. The highest BCUT2D eigenvalue weighted by Crippen LogP contribution is 2.17. The lowest BCUT2D eigenvalue weighted by Crippen LogP contribution is -2.22. The topological polar surface area (TPSA) is 90.7 Å². The second-order valence-corrected chi connectivity index (χ2v) is 6.08. The number of non-ortho nitro benzene ring substituents is 1. The van der Waals surface area contributed by atoms with Gasteiger partial charge in [0.25, 0.3) is 11.6 Å². The maximum absolute atomic E-state index is 12.1. The Morgan fingerprint density at radius 1 is 1.19 bits per heavy atom. The van der Waals surface area contributed by atoms with Crippen LogP contribution in [-0.2, 0) is 11.3 Å². The zero-order valence-electron chi connectivity index (χ0n) is 14.2. The molecule has 0 spiro atoms. The average molecular weight is 356 g/mol. The molecule has 1 heterocycles. The van der Waals surface area contributed by atoms with Crippen molar-refractivity contribution in [2.24, 2.45) is 0 Å². The second-order valence-electron chi connectivity index (χ2n) is 6.08. The quantitative estimate of drug-likeness (QED) is 0.608. The van der Waals surface area contributed by atoms with Gasteiger partial charge in [-0.25, -0.2) is 0 Å². The normalized spacial score (nSPS) is 16.2. The Bertz CT molecular complexity index is 753. The lowest BCUT2D eigenvalue weighted by atomic mass is 10.1. The van der Waals surface area contributed by atoms with E-state index in [9.17, 15) is 14.9 Å². The fourth-order valence-electron chi connectivity index (χ4n) is 2.69. The van der Waals surface area contributed by atoms with Gasteiger partial charge < -0.3 is 14.8 Å². The van der Waals surface area contributed by atoms with Gasteiger partial charge in [-0.3, -0.25) is 14.9 Å². The first-order chi connectivity index (χ1) is 12.6. The van der Waals surface area contributed by atoms with Crippen molar-refractivity contribution >= 4 is 11.6 Å². The van der Waals surface area contributed by atoms with Crippen molar-refractivity contribution < 1.29 is 19.2 Å². The van der Waals surface area contributed by atoms with Crippen molar-refractivity contribution in [1.29, 1.82) is 0 Å². The van der Waals surface area contributed by atoms with Gasteiger partial charge in [0.1, 0.15) is 12.4 Å². The number of nitrogens with zero attached hydrogens (tertiary/aromatic N) is 1. The van der Waals surface area contributed by atoms with Crippen LogP contribution in [-0.4, -0.2) is 30.1 Å². The van der Waals surface area contributed by atoms with Crippen LogP contribution in [0.4, 0.5) is 5.69 Å². The summed E-state index contributed by atoms with van der Waals surface area (Å²) in [6, 6.07) is 13.0. The Kier molecular flexibility index (Phi) is 5.80. The van der Waals surface area contributed by atoms with Crippen LogP contribution >= 0.6 is 0 Å². The molecular weight excluding hydrogens is 336 g/mol. The predicted octanol–water partition coefficient (Wildman–Crippen LogP) is 3.08. The molecule has 1 amide bonds. The van der Waals surface area contributed by atoms with E-state index in [4.69, 9.17) is 9.47 Å². The Morgan fingerprint density at radius 3 is 2.54 bits per heavy atom. The molecule has 7 nitrogen and oxygen atoms in total. The summed E-state index contributed by atoms with van der Waals surface area (Å²) in [5.41, 5.74) is 1.27. The van der Waals surface area contributed by atoms with Crippen LogP contribution in [0.5, 0.6) is 5.75 Å². The zero-order valence-corrected chi connectivity index (χ0v) is 14.2. The highest BCUT2D eigenvalue weighted by molar-refractivity contribution is 5.94. The highest BCUT2D eigenvalue weighted by Gasteiger charge is 2.16. The molecule has 0 saturated carbocycles. The molecule has 136 valence electrons. The fraction of sp³-hybridized carbons (Fsp3) is 0.316. The van der Waals surface area contributed by atoms with Gasteiger partial charge in [-0.2, -0.15) is 0 Å². The average Bonchev–Trinajstić information content (AvgIpc) is 3.19. The Hall–Kier alpha value is -2.93. The summed E-state index contributed by atoms with van der Waals surface area (Å²) >= 11 is 0. The first-order valence-corrected chi connectivity index (χ1v) is 8.48. The third-order valence-electron chi connectivity index (χ3n) is 4.18. The largest absolute Gasteiger partial charge is 0.491 e. The Morgan fingerprint density at radius 2 is 1.92 bits per heavy atom. The lowest BCUT2D eigenvalue weighted by Gasteiger charge is -2.12. The van der Waals surface area contributed by atoms with Gasteiger partial charge in [0.05, 0.1) is 11.0 Å². The number of nitro groups is 1. The molecular formula is C19H20N2O5. The molecule has 2 aromatic carbocycles. The first-order valence-electron chi connectivity index (χ1n) is 8.48. The molecule has 1 saturated heterocycles. The van der Waals surface area contributed by atoms with E-state index in [1.165, 1.54) is 24.3 Å². The molecule has 0 bridgehead atoms. The van der Waals surface area contributed by atoms with E-state index >= 15 is 0 Å². The molecule has 3 rings (SSSR count). The van der Waals surface area contributed by atoms with Crippen LogP contribution < -0.4 is 10.1 Å². The molecule has 1 atom stereocenters. The summed E-state index contributed by atoms with van der Waals surface area (Å²) < 4.78 is 11.2. The molecule has 1 aliphatic rings. The van der Waals surface area contributed by atoms with Crippen LogP contribution in [0, 0.1) is 10.1 Å². The van der Waals surface area contributed by atoms with Crippen LogP contribution in [0.25, 0.3) is 0 Å². The Balaban J connectivity index is 1.47. The van der Waals surface area contributed by atoms with Gasteiger partial charge in [0, 0.05) is 30.8 Å². The van der Waals surface area contributed by atoms with E-state index in [1.54, 1.807) is 0 Å². The maximum atomic E-state index is 12.1. The highest BCUT2D eigenvalue weighted by atomic mass is 16.6. The van der Waals surface area contributed by atoms with Gasteiger partial charge >= 0.3 is 0 Å². The molecule has 1 aliphatic heterocycles. The number of hydrogen-bond acceptors (Lipinski definition) is 5. The number of carbonyl (C=O) groups excluding carboxylic acids is 1. The summed E-state index contributed by atoms with van der Waals surface area (Å²) in [7, 11) is 0. The third kappa shape index (κ3) is 4.80. The molecule has 0 aromatic heterocycles. The number of nitro benzene ring substituents is 1. The van der Waals surface area contributed by atoms with Gasteiger partial charge in [-0.05, 0) is 42.7 Å². The van der Waals surface area contributed by atoms with Crippen molar-refractivity contribution in [2.45, 2.75) is 25.5 Å². The molecule has 7 heteroatoms. The van der Waals surface area contributed by atoms with Crippen LogP contribution in [0.2, 0.25) is 0 Å². The fourth-order valence-corrected chi connectivity index (χ4v) is 2.69. The summed E-state index contributed by atoms with van der Waals surface area (Å²) in [6.45, 7) is 1.72. The van der Waals surface area contributed by atoms with Gasteiger partial charge in [0.15, 0.2) is 0 Å². The molecule has 26 heavy (non-hydrogen) atoms. The maximum Gasteiger partial charge on any atom is 0.269 e. The first kappa shape index (κ1) is 17.9. The van der Waals surface area contributed by atoms with Crippen molar-refractivity contribution in [1.82, 2.24) is 5.32 Å². The number of carbonyl (C=O) groups is 1. The minimum absolute atomic E-state index is 0.0415. The third-order valence-corrected chi connectivity index (χ3v) is 4.18.